The third-order valence-electron chi connectivity index (χ3n) is 4.95. The van der Waals surface area contributed by atoms with Crippen molar-refractivity contribution in [2.45, 2.75) is 19.4 Å². The minimum Gasteiger partial charge on any atom is -0.492 e. The summed E-state index contributed by atoms with van der Waals surface area (Å²) in [5.41, 5.74) is 1.20. The predicted octanol–water partition coefficient (Wildman–Crippen LogP) is 4.89. The third-order valence-corrected chi connectivity index (χ3v) is 4.95. The van der Waals surface area contributed by atoms with Crippen LogP contribution in [0.3, 0.4) is 0 Å². The summed E-state index contributed by atoms with van der Waals surface area (Å²) in [6.07, 6.45) is 2.63. The van der Waals surface area contributed by atoms with E-state index >= 15 is 0 Å². The first-order valence-corrected chi connectivity index (χ1v) is 9.43. The van der Waals surface area contributed by atoms with Crippen LogP contribution in [0.2, 0.25) is 0 Å². The molecule has 0 N–H and O–H groups in total. The van der Waals surface area contributed by atoms with E-state index in [0.29, 0.717) is 6.61 Å². The van der Waals surface area contributed by atoms with Crippen molar-refractivity contribution in [2.75, 3.05) is 26.2 Å². The fraction of sp³-hybridized carbons (Fsp3) is 0.304. The molecule has 3 heteroatoms. The lowest BCUT2D eigenvalue weighted by atomic mass is 10.1. The zero-order valence-corrected chi connectivity index (χ0v) is 15.1. The monoisotopic (exact) mass is 347 g/mol. The molecule has 3 nitrogen and oxygen atoms in total. The summed E-state index contributed by atoms with van der Waals surface area (Å²) in [4.78, 5) is 2.46. The maximum Gasteiger partial charge on any atom is 0.123 e. The molecule has 134 valence electrons. The Hall–Kier alpha value is -2.52. The van der Waals surface area contributed by atoms with Gasteiger partial charge in [0.1, 0.15) is 24.7 Å². The van der Waals surface area contributed by atoms with Gasteiger partial charge in [0.2, 0.25) is 0 Å². The number of hydrogen-bond donors (Lipinski definition) is 0. The van der Waals surface area contributed by atoms with Crippen LogP contribution >= 0.6 is 0 Å². The van der Waals surface area contributed by atoms with Crippen molar-refractivity contribution in [1.82, 2.24) is 4.90 Å². The quantitative estimate of drug-likeness (QED) is 0.607. The molecule has 0 aliphatic carbocycles. The highest BCUT2D eigenvalue weighted by molar-refractivity contribution is 5.85. The summed E-state index contributed by atoms with van der Waals surface area (Å²) in [6, 6.07) is 22.7. The Balaban J connectivity index is 1.36. The first kappa shape index (κ1) is 16.9. The average Bonchev–Trinajstić information content (AvgIpc) is 3.20. The minimum atomic E-state index is 0.554. The van der Waals surface area contributed by atoms with E-state index in [0.717, 1.165) is 24.7 Å². The number of hydrogen-bond acceptors (Lipinski definition) is 3. The van der Waals surface area contributed by atoms with Crippen molar-refractivity contribution in [3.05, 3.63) is 72.3 Å². The molecule has 1 fully saturated rings. The van der Waals surface area contributed by atoms with Gasteiger partial charge >= 0.3 is 0 Å². The molecule has 0 spiro atoms. The lowest BCUT2D eigenvalue weighted by molar-refractivity contribution is 0.236. The maximum absolute atomic E-state index is 6.03. The summed E-state index contributed by atoms with van der Waals surface area (Å²) in [7, 11) is 0. The summed E-state index contributed by atoms with van der Waals surface area (Å²) >= 11 is 0. The highest BCUT2D eigenvalue weighted by atomic mass is 16.5. The largest absolute Gasteiger partial charge is 0.492 e. The lowest BCUT2D eigenvalue weighted by Crippen LogP contribution is -2.25. The summed E-state index contributed by atoms with van der Waals surface area (Å²) in [5.74, 6) is 1.72. The average molecular weight is 347 g/mol. The Morgan fingerprint density at radius 3 is 2.38 bits per heavy atom. The molecule has 0 amide bonds. The van der Waals surface area contributed by atoms with Gasteiger partial charge in [-0.2, -0.15) is 0 Å². The maximum atomic E-state index is 6.03. The van der Waals surface area contributed by atoms with Crippen molar-refractivity contribution in [1.29, 1.82) is 0 Å². The van der Waals surface area contributed by atoms with E-state index in [4.69, 9.17) is 9.47 Å². The van der Waals surface area contributed by atoms with Crippen LogP contribution in [0.25, 0.3) is 10.8 Å². The molecule has 0 unspecified atom stereocenters. The highest BCUT2D eigenvalue weighted by Gasteiger charge is 2.10. The first-order chi connectivity index (χ1) is 12.9. The molecule has 0 radical (unpaired) electrons. The number of nitrogens with zero attached hydrogens (tertiary/aromatic N) is 1. The third kappa shape index (κ3) is 4.17. The number of ether oxygens (including phenoxy) is 2. The zero-order valence-electron chi connectivity index (χ0n) is 15.1. The predicted molar refractivity (Wildman–Crippen MR) is 106 cm³/mol. The summed E-state index contributed by atoms with van der Waals surface area (Å²) in [6.45, 7) is 4.70. The fourth-order valence-corrected chi connectivity index (χ4v) is 3.53. The standard InChI is InChI=1S/C23H25NO2/c1-2-12-23-19(7-1)8-5-9-20(23)18-26-22-11-6-10-21(17-22)25-16-15-24-13-3-4-14-24/h1-2,5-12,17H,3-4,13-16,18H2. The molecule has 26 heavy (non-hydrogen) atoms. The number of likely N-dealkylation sites (tertiary alicyclic amines) is 1. The Kier molecular flexibility index (Phi) is 5.36. The van der Waals surface area contributed by atoms with Crippen LogP contribution in [-0.4, -0.2) is 31.1 Å². The van der Waals surface area contributed by atoms with Gasteiger partial charge < -0.3 is 9.47 Å². The first-order valence-electron chi connectivity index (χ1n) is 9.43. The Morgan fingerprint density at radius 1 is 0.769 bits per heavy atom. The van der Waals surface area contributed by atoms with E-state index in [1.807, 2.05) is 24.3 Å². The van der Waals surface area contributed by atoms with Crippen molar-refractivity contribution >= 4 is 10.8 Å². The van der Waals surface area contributed by atoms with Gasteiger partial charge in [-0.25, -0.2) is 0 Å². The molecule has 0 bridgehead atoms. The second-order valence-corrected chi connectivity index (χ2v) is 6.80. The molecule has 1 aliphatic rings. The fourth-order valence-electron chi connectivity index (χ4n) is 3.53. The van der Waals surface area contributed by atoms with Gasteiger partial charge in [0, 0.05) is 12.6 Å². The molecule has 3 aromatic rings. The second-order valence-electron chi connectivity index (χ2n) is 6.80. The van der Waals surface area contributed by atoms with Crippen LogP contribution in [0, 0.1) is 0 Å². The van der Waals surface area contributed by atoms with Gasteiger partial charge in [-0.3, -0.25) is 4.90 Å². The van der Waals surface area contributed by atoms with Crippen LogP contribution in [0.1, 0.15) is 18.4 Å². The normalized spacial score (nSPS) is 14.6. The van der Waals surface area contributed by atoms with E-state index in [2.05, 4.69) is 47.4 Å². The van der Waals surface area contributed by atoms with Gasteiger partial charge in [0.05, 0.1) is 0 Å². The number of benzene rings is 3. The minimum absolute atomic E-state index is 0.554. The Bertz CT molecular complexity index is 850. The molecule has 3 aromatic carbocycles. The number of rotatable bonds is 7. The van der Waals surface area contributed by atoms with E-state index in [1.165, 1.54) is 42.3 Å². The van der Waals surface area contributed by atoms with Crippen molar-refractivity contribution in [3.8, 4) is 11.5 Å². The zero-order chi connectivity index (χ0) is 17.6. The summed E-state index contributed by atoms with van der Waals surface area (Å²) < 4.78 is 11.9. The van der Waals surface area contributed by atoms with Crippen molar-refractivity contribution < 1.29 is 9.47 Å². The molecular weight excluding hydrogens is 322 g/mol. The molecule has 4 rings (SSSR count). The van der Waals surface area contributed by atoms with Crippen LogP contribution < -0.4 is 9.47 Å². The smallest absolute Gasteiger partial charge is 0.123 e. The SMILES string of the molecule is c1cc(OCCN2CCCC2)cc(OCc2cccc3ccccc23)c1. The van der Waals surface area contributed by atoms with Gasteiger partial charge in [-0.05, 0) is 54.4 Å². The molecule has 1 saturated heterocycles. The topological polar surface area (TPSA) is 21.7 Å². The Labute approximate surface area is 155 Å². The van der Waals surface area contributed by atoms with E-state index in [9.17, 15) is 0 Å². The van der Waals surface area contributed by atoms with Crippen LogP contribution in [0.15, 0.2) is 66.7 Å². The Morgan fingerprint density at radius 2 is 1.50 bits per heavy atom. The van der Waals surface area contributed by atoms with E-state index in [-0.39, 0.29) is 0 Å². The van der Waals surface area contributed by atoms with Crippen molar-refractivity contribution in [2.24, 2.45) is 0 Å². The van der Waals surface area contributed by atoms with Gasteiger partial charge in [0.25, 0.3) is 0 Å². The van der Waals surface area contributed by atoms with Crippen LogP contribution in [0.4, 0.5) is 0 Å². The van der Waals surface area contributed by atoms with Gasteiger partial charge in [-0.15, -0.1) is 0 Å². The van der Waals surface area contributed by atoms with Crippen LogP contribution in [-0.2, 0) is 6.61 Å². The van der Waals surface area contributed by atoms with E-state index < -0.39 is 0 Å². The summed E-state index contributed by atoms with van der Waals surface area (Å²) in [5, 5.41) is 2.49. The van der Waals surface area contributed by atoms with Gasteiger partial charge in [-0.1, -0.05) is 48.5 Å². The second kappa shape index (κ2) is 8.24. The molecule has 0 aromatic heterocycles. The molecular formula is C23H25NO2. The molecule has 0 saturated carbocycles. The highest BCUT2D eigenvalue weighted by Crippen LogP contribution is 2.23. The van der Waals surface area contributed by atoms with Crippen LogP contribution in [0.5, 0.6) is 11.5 Å². The van der Waals surface area contributed by atoms with Crippen molar-refractivity contribution in [3.63, 3.8) is 0 Å². The van der Waals surface area contributed by atoms with Gasteiger partial charge in [0.15, 0.2) is 0 Å². The molecule has 0 atom stereocenters. The number of fused-ring (bicyclic) bond motifs is 1. The molecule has 1 aliphatic heterocycles. The lowest BCUT2D eigenvalue weighted by Gasteiger charge is -2.15. The van der Waals surface area contributed by atoms with E-state index in [1.54, 1.807) is 0 Å². The molecule has 1 heterocycles.